The van der Waals surface area contributed by atoms with E-state index in [2.05, 4.69) is 133 Å². The van der Waals surface area contributed by atoms with Gasteiger partial charge in [-0.3, -0.25) is 9.97 Å². The third-order valence-corrected chi connectivity index (χ3v) is 11.1. The van der Waals surface area contributed by atoms with Gasteiger partial charge in [-0.2, -0.15) is 0 Å². The number of benzene rings is 4. The van der Waals surface area contributed by atoms with Crippen molar-refractivity contribution in [1.29, 1.82) is 0 Å². The first-order chi connectivity index (χ1) is 28.0. The van der Waals surface area contributed by atoms with E-state index < -0.39 is 11.9 Å². The van der Waals surface area contributed by atoms with E-state index in [0.29, 0.717) is 37.2 Å². The van der Waals surface area contributed by atoms with E-state index in [-0.39, 0.29) is 12.2 Å². The zero-order valence-electron chi connectivity index (χ0n) is 33.3. The number of aromatic carboxylic acids is 2. The van der Waals surface area contributed by atoms with Crippen LogP contribution in [0.1, 0.15) is 90.3 Å². The Morgan fingerprint density at radius 2 is 0.966 bits per heavy atom. The van der Waals surface area contributed by atoms with Gasteiger partial charge in [0.1, 0.15) is 0 Å². The summed E-state index contributed by atoms with van der Waals surface area (Å²) in [5.74, 6) is -1.84. The lowest BCUT2D eigenvalue weighted by Crippen LogP contribution is -2.10. The second-order valence-electron chi connectivity index (χ2n) is 14.9. The van der Waals surface area contributed by atoms with Crippen LogP contribution in [0.2, 0.25) is 0 Å². The first kappa shape index (κ1) is 39.9. The van der Waals surface area contributed by atoms with Crippen LogP contribution in [0, 0.1) is 13.8 Å². The van der Waals surface area contributed by atoms with Gasteiger partial charge in [0.05, 0.1) is 36.5 Å². The number of fused-ring (bicyclic) bond motifs is 2. The van der Waals surface area contributed by atoms with Gasteiger partial charge in [0.25, 0.3) is 0 Å². The number of carboxylic acid groups (broad SMARTS) is 2. The highest BCUT2D eigenvalue weighted by Crippen LogP contribution is 2.39. The minimum atomic E-state index is -0.918. The van der Waals surface area contributed by atoms with Gasteiger partial charge in [0.2, 0.25) is 0 Å². The number of aromatic nitrogens is 2. The zero-order chi connectivity index (χ0) is 40.8. The van der Waals surface area contributed by atoms with Gasteiger partial charge in [0, 0.05) is 61.6 Å². The van der Waals surface area contributed by atoms with E-state index in [9.17, 15) is 19.8 Å². The lowest BCUT2D eigenvalue weighted by atomic mass is 9.97. The number of ether oxygens (including phenoxy) is 2. The Morgan fingerprint density at radius 1 is 0.586 bits per heavy atom. The average Bonchev–Trinajstić information content (AvgIpc) is 3.85. The van der Waals surface area contributed by atoms with E-state index in [1.54, 1.807) is 24.5 Å². The molecule has 0 saturated carbocycles. The summed E-state index contributed by atoms with van der Waals surface area (Å²) in [6, 6.07) is 32.9. The fraction of sp³-hybridized carbons (Fsp3) is 0.250. The number of rotatable bonds is 12. The van der Waals surface area contributed by atoms with Crippen molar-refractivity contribution in [3.63, 3.8) is 0 Å². The number of carboxylic acids is 2. The topological polar surface area (TPSA) is 125 Å². The fourth-order valence-corrected chi connectivity index (χ4v) is 7.60. The van der Waals surface area contributed by atoms with Crippen molar-refractivity contribution in [3.8, 4) is 0 Å². The van der Waals surface area contributed by atoms with E-state index in [0.717, 1.165) is 46.7 Å². The number of anilines is 4. The summed E-state index contributed by atoms with van der Waals surface area (Å²) < 4.78 is 12.0. The van der Waals surface area contributed by atoms with E-state index >= 15 is 0 Å². The predicted molar refractivity (Wildman–Crippen MR) is 225 cm³/mol. The third-order valence-electron chi connectivity index (χ3n) is 11.1. The SMILES string of the molecule is Cc1ccc(N(C)c2ccc3c(c2)CO[C@@H]3CCc2cnccc2C(=O)O)cc1.Cc1ccc(N(C)c2ccc3c(c2)CO[C@H]3CCc2cnccc2C(=O)O)cc1. The first-order valence-electron chi connectivity index (χ1n) is 19.5. The summed E-state index contributed by atoms with van der Waals surface area (Å²) >= 11 is 0. The highest BCUT2D eigenvalue weighted by molar-refractivity contribution is 5.89. The van der Waals surface area contributed by atoms with Crippen molar-refractivity contribution in [3.05, 3.63) is 177 Å². The molecule has 2 N–H and O–H groups in total. The maximum absolute atomic E-state index is 11.4. The van der Waals surface area contributed by atoms with Crippen molar-refractivity contribution >= 4 is 34.7 Å². The smallest absolute Gasteiger partial charge is 0.336 e. The minimum absolute atomic E-state index is 0.0226. The third kappa shape index (κ3) is 9.09. The van der Waals surface area contributed by atoms with Crippen LogP contribution in [0.4, 0.5) is 22.7 Å². The molecular formula is C48H48N4O6. The average molecular weight is 777 g/mol. The lowest BCUT2D eigenvalue weighted by molar-refractivity contribution is 0.0599. The van der Waals surface area contributed by atoms with Crippen LogP contribution in [0.25, 0.3) is 0 Å². The first-order valence-corrected chi connectivity index (χ1v) is 19.5. The summed E-state index contributed by atoms with van der Waals surface area (Å²) in [6.07, 6.45) is 8.95. The van der Waals surface area contributed by atoms with Crippen molar-refractivity contribution < 1.29 is 29.3 Å². The molecule has 2 atom stereocenters. The summed E-state index contributed by atoms with van der Waals surface area (Å²) in [5.41, 5.74) is 13.9. The van der Waals surface area contributed by atoms with E-state index in [4.69, 9.17) is 9.47 Å². The molecule has 0 fully saturated rings. The Labute approximate surface area is 339 Å². The molecule has 4 aromatic carbocycles. The van der Waals surface area contributed by atoms with Crippen LogP contribution >= 0.6 is 0 Å². The lowest BCUT2D eigenvalue weighted by Gasteiger charge is -2.21. The summed E-state index contributed by atoms with van der Waals surface area (Å²) in [4.78, 5) is 35.3. The van der Waals surface area contributed by atoms with Gasteiger partial charge < -0.3 is 29.5 Å². The van der Waals surface area contributed by atoms with Crippen LogP contribution in [0.3, 0.4) is 0 Å². The Balaban J connectivity index is 0.000000177. The largest absolute Gasteiger partial charge is 0.478 e. The van der Waals surface area contributed by atoms with Gasteiger partial charge in [-0.05, 0) is 134 Å². The van der Waals surface area contributed by atoms with E-state index in [1.165, 1.54) is 45.8 Å². The molecule has 296 valence electrons. The Hall–Kier alpha value is -6.36. The molecule has 0 unspecified atom stereocenters. The van der Waals surface area contributed by atoms with Gasteiger partial charge in [-0.1, -0.05) is 47.5 Å². The number of hydrogen-bond donors (Lipinski definition) is 2. The van der Waals surface area contributed by atoms with E-state index in [1.807, 2.05) is 0 Å². The Bertz CT molecular complexity index is 2230. The van der Waals surface area contributed by atoms with Gasteiger partial charge in [-0.15, -0.1) is 0 Å². The second-order valence-corrected chi connectivity index (χ2v) is 14.9. The van der Waals surface area contributed by atoms with Crippen LogP contribution in [-0.4, -0.2) is 46.2 Å². The van der Waals surface area contributed by atoms with Crippen LogP contribution in [0.5, 0.6) is 0 Å². The Kier molecular flexibility index (Phi) is 12.3. The summed E-state index contributed by atoms with van der Waals surface area (Å²) in [5, 5.41) is 18.7. The molecule has 0 aliphatic carbocycles. The predicted octanol–water partition coefficient (Wildman–Crippen LogP) is 10.1. The number of nitrogens with zero attached hydrogens (tertiary/aromatic N) is 4. The molecule has 10 heteroatoms. The number of aryl methyl sites for hydroxylation is 4. The molecule has 8 rings (SSSR count). The molecule has 0 radical (unpaired) electrons. The van der Waals surface area contributed by atoms with Gasteiger partial charge in [-0.25, -0.2) is 9.59 Å². The van der Waals surface area contributed by atoms with Crippen LogP contribution in [-0.2, 0) is 35.5 Å². The number of pyridine rings is 2. The second kappa shape index (κ2) is 17.8. The van der Waals surface area contributed by atoms with Crippen molar-refractivity contribution in [1.82, 2.24) is 9.97 Å². The van der Waals surface area contributed by atoms with Crippen LogP contribution < -0.4 is 9.80 Å². The maximum Gasteiger partial charge on any atom is 0.336 e. The zero-order valence-corrected chi connectivity index (χ0v) is 33.3. The molecule has 2 aliphatic rings. The highest BCUT2D eigenvalue weighted by Gasteiger charge is 2.26. The molecule has 4 heterocycles. The highest BCUT2D eigenvalue weighted by atomic mass is 16.5. The quantitative estimate of drug-likeness (QED) is 0.124. The standard InChI is InChI=1S/2C24H24N2O3/c2*1-16-3-6-19(7-4-16)26(2)20-8-9-21-18(13-20)15-29-23(21)10-5-17-14-25-12-11-22(17)24(27)28/h2*3-4,6-9,11-14,23H,5,10,15H2,1-2H3,(H,27,28)/t2*23-/m10/s1. The molecule has 0 bridgehead atoms. The molecule has 10 nitrogen and oxygen atoms in total. The molecule has 58 heavy (non-hydrogen) atoms. The minimum Gasteiger partial charge on any atom is -0.478 e. The summed E-state index contributed by atoms with van der Waals surface area (Å²) in [7, 11) is 4.13. The Morgan fingerprint density at radius 3 is 1.34 bits per heavy atom. The monoisotopic (exact) mass is 776 g/mol. The van der Waals surface area contributed by atoms with Gasteiger partial charge in [0.15, 0.2) is 0 Å². The molecular weight excluding hydrogens is 729 g/mol. The maximum atomic E-state index is 11.4. The molecule has 6 aromatic rings. The van der Waals surface area contributed by atoms with Crippen molar-refractivity contribution in [2.24, 2.45) is 0 Å². The van der Waals surface area contributed by atoms with Crippen molar-refractivity contribution in [2.45, 2.75) is 65.0 Å². The normalized spacial score (nSPS) is 15.2. The summed E-state index contributed by atoms with van der Waals surface area (Å²) in [6.45, 7) is 5.33. The van der Waals surface area contributed by atoms with Gasteiger partial charge >= 0.3 is 11.9 Å². The fourth-order valence-electron chi connectivity index (χ4n) is 7.60. The number of carbonyl (C=O) groups is 2. The number of hydrogen-bond acceptors (Lipinski definition) is 8. The van der Waals surface area contributed by atoms with Crippen molar-refractivity contribution in [2.75, 3.05) is 23.9 Å². The molecule has 0 spiro atoms. The molecule has 2 aliphatic heterocycles. The molecule has 0 amide bonds. The van der Waals surface area contributed by atoms with Crippen LogP contribution in [0.15, 0.2) is 122 Å². The molecule has 0 saturated heterocycles. The molecule has 2 aromatic heterocycles.